The van der Waals surface area contributed by atoms with Gasteiger partial charge in [0.25, 0.3) is 5.91 Å². The number of aryl methyl sites for hydroxylation is 1. The van der Waals surface area contributed by atoms with Gasteiger partial charge in [0.1, 0.15) is 11.5 Å². The number of nitrogens with one attached hydrogen (secondary N) is 1. The van der Waals surface area contributed by atoms with Crippen LogP contribution in [0.1, 0.15) is 71.6 Å². The zero-order valence-electron chi connectivity index (χ0n) is 20.0. The zero-order valence-corrected chi connectivity index (χ0v) is 20.0. The van der Waals surface area contributed by atoms with Crippen molar-refractivity contribution in [3.8, 4) is 0 Å². The molecular weight excluding hydrogens is 444 g/mol. The molecule has 35 heavy (non-hydrogen) atoms. The highest BCUT2D eigenvalue weighted by atomic mass is 16.1. The van der Waals surface area contributed by atoms with Crippen molar-refractivity contribution in [2.24, 2.45) is 18.7 Å². The lowest BCUT2D eigenvalue weighted by Gasteiger charge is -2.40. The lowest BCUT2D eigenvalue weighted by atomic mass is 9.85. The number of carbonyl (C=O) groups is 2. The van der Waals surface area contributed by atoms with Crippen LogP contribution < -0.4 is 16.0 Å². The van der Waals surface area contributed by atoms with Gasteiger partial charge in [-0.05, 0) is 44.6 Å². The minimum absolute atomic E-state index is 0.0140. The first-order valence-electron chi connectivity index (χ1n) is 12.1. The van der Waals surface area contributed by atoms with Crippen molar-refractivity contribution in [3.05, 3.63) is 54.1 Å². The quantitative estimate of drug-likeness (QED) is 0.476. The number of aromatic nitrogens is 5. The van der Waals surface area contributed by atoms with Gasteiger partial charge in [0.2, 0.25) is 0 Å². The number of piperidine rings is 1. The van der Waals surface area contributed by atoms with E-state index in [0.29, 0.717) is 29.7 Å². The third-order valence-electron chi connectivity index (χ3n) is 6.93. The van der Waals surface area contributed by atoms with Gasteiger partial charge >= 0.3 is 0 Å². The van der Waals surface area contributed by atoms with Crippen LogP contribution in [-0.4, -0.2) is 48.8 Å². The van der Waals surface area contributed by atoms with Gasteiger partial charge in [-0.2, -0.15) is 0 Å². The number of Topliss-reactive ketones (excluding diaryl/α,β-unsaturated/α-hetero) is 1. The molecule has 5 rings (SSSR count). The molecule has 2 fully saturated rings. The van der Waals surface area contributed by atoms with E-state index in [9.17, 15) is 9.59 Å². The molecule has 1 saturated carbocycles. The second-order valence-corrected chi connectivity index (χ2v) is 9.54. The molecule has 1 amide bonds. The summed E-state index contributed by atoms with van der Waals surface area (Å²) in [7, 11) is 1.91. The van der Waals surface area contributed by atoms with Crippen molar-refractivity contribution in [1.29, 1.82) is 0 Å². The fourth-order valence-corrected chi connectivity index (χ4v) is 4.73. The molecule has 2 atom stereocenters. The van der Waals surface area contributed by atoms with E-state index in [1.165, 1.54) is 0 Å². The van der Waals surface area contributed by atoms with E-state index < -0.39 is 5.91 Å². The van der Waals surface area contributed by atoms with Crippen LogP contribution in [0.15, 0.2) is 37.1 Å². The molecule has 3 N–H and O–H groups in total. The molecule has 1 aliphatic carbocycles. The Kier molecular flexibility index (Phi) is 6.19. The minimum Gasteiger partial charge on any atom is -0.364 e. The molecule has 3 aromatic heterocycles. The van der Waals surface area contributed by atoms with Crippen LogP contribution in [0.25, 0.3) is 0 Å². The number of ketones is 1. The largest absolute Gasteiger partial charge is 0.364 e. The van der Waals surface area contributed by atoms with E-state index >= 15 is 0 Å². The first-order valence-corrected chi connectivity index (χ1v) is 12.1. The molecule has 10 heteroatoms. The fraction of sp³-hybridized carbons (Fsp3) is 0.440. The number of primary amides is 1. The highest BCUT2D eigenvalue weighted by molar-refractivity contribution is 5.96. The molecule has 0 aromatic carbocycles. The molecule has 1 aliphatic heterocycles. The van der Waals surface area contributed by atoms with Crippen LogP contribution in [-0.2, 0) is 7.05 Å². The molecule has 10 nitrogen and oxygen atoms in total. The van der Waals surface area contributed by atoms with Gasteiger partial charge in [-0.15, -0.1) is 0 Å². The molecule has 182 valence electrons. The van der Waals surface area contributed by atoms with Gasteiger partial charge in [0.15, 0.2) is 17.3 Å². The Morgan fingerprint density at radius 2 is 1.97 bits per heavy atom. The summed E-state index contributed by atoms with van der Waals surface area (Å²) in [5, 5.41) is 3.16. The van der Waals surface area contributed by atoms with E-state index in [2.05, 4.69) is 32.1 Å². The van der Waals surface area contributed by atoms with Crippen LogP contribution >= 0.6 is 0 Å². The Morgan fingerprint density at radius 1 is 1.14 bits per heavy atom. The summed E-state index contributed by atoms with van der Waals surface area (Å²) in [6.07, 6.45) is 13.3. The van der Waals surface area contributed by atoms with E-state index in [4.69, 9.17) is 10.7 Å². The highest BCUT2D eigenvalue weighted by Gasteiger charge is 2.32. The average molecular weight is 475 g/mol. The van der Waals surface area contributed by atoms with Crippen molar-refractivity contribution < 1.29 is 9.59 Å². The summed E-state index contributed by atoms with van der Waals surface area (Å²) >= 11 is 0. The van der Waals surface area contributed by atoms with Crippen LogP contribution in [0, 0.1) is 5.92 Å². The number of hydrogen-bond donors (Lipinski definition) is 2. The number of nitrogens with two attached hydrogens (primary N) is 1. The Bertz CT molecular complexity index is 1230. The molecular formula is C25H30N8O2. The predicted octanol–water partition coefficient (Wildman–Crippen LogP) is 3.20. The topological polar surface area (TPSA) is 132 Å². The molecule has 0 bridgehead atoms. The van der Waals surface area contributed by atoms with Crippen molar-refractivity contribution in [3.63, 3.8) is 0 Å². The third kappa shape index (κ3) is 5.01. The standard InChI is InChI=1S/C25H30N8O2/c1-15-17(10-21(34)20-12-27-19(11-28-20)16-5-6-16)4-3-8-33(15)22-13-29-23(24(26)35)25(31-22)30-18-7-9-32(2)14-18/h7,9,11-17H,3-6,8,10H2,1-2H3,(H2,26,35)(H,30,31)/t15-,17+/m1/s1. The maximum Gasteiger partial charge on any atom is 0.271 e. The maximum absolute atomic E-state index is 13.0. The van der Waals surface area contributed by atoms with E-state index in [-0.39, 0.29) is 23.4 Å². The van der Waals surface area contributed by atoms with Crippen molar-refractivity contribution in [1.82, 2.24) is 24.5 Å². The first kappa shape index (κ1) is 22.9. The summed E-state index contributed by atoms with van der Waals surface area (Å²) in [6.45, 7) is 2.89. The predicted molar refractivity (Wildman–Crippen MR) is 132 cm³/mol. The molecule has 0 spiro atoms. The number of anilines is 3. The monoisotopic (exact) mass is 474 g/mol. The minimum atomic E-state index is -0.647. The van der Waals surface area contributed by atoms with Crippen molar-refractivity contribution >= 4 is 29.0 Å². The molecule has 1 saturated heterocycles. The summed E-state index contributed by atoms with van der Waals surface area (Å²) < 4.78 is 1.89. The third-order valence-corrected chi connectivity index (χ3v) is 6.93. The Hall–Kier alpha value is -3.82. The Balaban J connectivity index is 1.32. The van der Waals surface area contributed by atoms with Crippen LogP contribution in [0.4, 0.5) is 17.3 Å². The van der Waals surface area contributed by atoms with Crippen LogP contribution in [0.2, 0.25) is 0 Å². The summed E-state index contributed by atoms with van der Waals surface area (Å²) in [6, 6.07) is 1.94. The second kappa shape index (κ2) is 9.44. The summed E-state index contributed by atoms with van der Waals surface area (Å²) in [5.74, 6) is 0.988. The number of nitrogens with zero attached hydrogens (tertiary/aromatic N) is 6. The molecule has 0 radical (unpaired) electrons. The van der Waals surface area contributed by atoms with Gasteiger partial charge in [0.05, 0.1) is 23.8 Å². The number of carbonyl (C=O) groups excluding carboxylic acids is 2. The van der Waals surface area contributed by atoms with Crippen LogP contribution in [0.5, 0.6) is 0 Å². The summed E-state index contributed by atoms with van der Waals surface area (Å²) in [4.78, 5) is 44.9. The first-order chi connectivity index (χ1) is 16.9. The number of amides is 1. The Labute approximate surface area is 204 Å². The van der Waals surface area contributed by atoms with Crippen molar-refractivity contribution in [2.45, 2.75) is 51.0 Å². The van der Waals surface area contributed by atoms with E-state index in [0.717, 1.165) is 43.6 Å². The van der Waals surface area contributed by atoms with Gasteiger partial charge < -0.3 is 20.5 Å². The lowest BCUT2D eigenvalue weighted by molar-refractivity contribution is 0.0939. The van der Waals surface area contributed by atoms with Crippen LogP contribution in [0.3, 0.4) is 0 Å². The number of rotatable bonds is 8. The van der Waals surface area contributed by atoms with Gasteiger partial charge in [-0.1, -0.05) is 0 Å². The fourth-order valence-electron chi connectivity index (χ4n) is 4.73. The Morgan fingerprint density at radius 3 is 2.63 bits per heavy atom. The average Bonchev–Trinajstić information content (AvgIpc) is 3.62. The lowest BCUT2D eigenvalue weighted by Crippen LogP contribution is -2.44. The molecule has 2 aliphatic rings. The van der Waals surface area contributed by atoms with E-state index in [1.54, 1.807) is 18.6 Å². The summed E-state index contributed by atoms with van der Waals surface area (Å²) in [5.41, 5.74) is 7.82. The number of hydrogen-bond acceptors (Lipinski definition) is 8. The SMILES string of the molecule is C[C@@H]1[C@H](CC(=O)c2cnc(C3CC3)cn2)CCCN1c1cnc(C(N)=O)c(Nc2ccn(C)c2)n1. The molecule has 4 heterocycles. The maximum atomic E-state index is 13.0. The second-order valence-electron chi connectivity index (χ2n) is 9.54. The zero-order chi connectivity index (χ0) is 24.5. The van der Waals surface area contributed by atoms with Gasteiger partial charge in [-0.25, -0.2) is 15.0 Å². The molecule has 0 unspecified atom stereocenters. The van der Waals surface area contributed by atoms with Crippen molar-refractivity contribution in [2.75, 3.05) is 16.8 Å². The molecule has 3 aromatic rings. The highest BCUT2D eigenvalue weighted by Crippen LogP contribution is 2.38. The normalized spacial score (nSPS) is 20.0. The van der Waals surface area contributed by atoms with Gasteiger partial charge in [0, 0.05) is 50.6 Å². The van der Waals surface area contributed by atoms with E-state index in [1.807, 2.05) is 30.1 Å². The van der Waals surface area contributed by atoms with Gasteiger partial charge in [-0.3, -0.25) is 14.6 Å². The smallest absolute Gasteiger partial charge is 0.271 e.